The lowest BCUT2D eigenvalue weighted by atomic mass is 9.96. The smallest absolute Gasteiger partial charge is 0.264 e. The summed E-state index contributed by atoms with van der Waals surface area (Å²) >= 11 is 12.3. The van der Waals surface area contributed by atoms with Crippen molar-refractivity contribution in [1.82, 2.24) is 5.32 Å². The number of anilines is 1. The molecule has 0 saturated heterocycles. The maximum Gasteiger partial charge on any atom is 0.264 e. The van der Waals surface area contributed by atoms with Gasteiger partial charge in [-0.25, -0.2) is 8.42 Å². The molecule has 1 amide bonds. The van der Waals surface area contributed by atoms with Gasteiger partial charge in [0.1, 0.15) is 6.54 Å². The molecule has 0 saturated carbocycles. The van der Waals surface area contributed by atoms with Gasteiger partial charge in [0.05, 0.1) is 21.6 Å². The van der Waals surface area contributed by atoms with Crippen molar-refractivity contribution in [3.05, 3.63) is 93.0 Å². The second kappa shape index (κ2) is 10.2. The van der Waals surface area contributed by atoms with Crippen LogP contribution in [0.25, 0.3) is 0 Å². The first kappa shape index (κ1) is 25.1. The standard InChI is InChI=1S/C25H26Cl2N2O3S/c1-16-12-18(3)22(13-17(16)2)19(4)28-25(30)15-29(24-11-10-20(26)14-23(24)27)33(31,32)21-8-6-5-7-9-21/h5-14,19H,15H2,1-4H3,(H,28,30)/t19-/m1/s1. The lowest BCUT2D eigenvalue weighted by molar-refractivity contribution is -0.120. The van der Waals surface area contributed by atoms with Crippen LogP contribution in [0, 0.1) is 20.8 Å². The van der Waals surface area contributed by atoms with Crippen LogP contribution in [0.3, 0.4) is 0 Å². The van der Waals surface area contributed by atoms with E-state index in [2.05, 4.69) is 11.4 Å². The average Bonchev–Trinajstić information content (AvgIpc) is 2.75. The largest absolute Gasteiger partial charge is 0.348 e. The van der Waals surface area contributed by atoms with Crippen molar-refractivity contribution in [2.24, 2.45) is 0 Å². The number of aryl methyl sites for hydroxylation is 3. The van der Waals surface area contributed by atoms with Crippen LogP contribution >= 0.6 is 23.2 Å². The van der Waals surface area contributed by atoms with Gasteiger partial charge < -0.3 is 5.32 Å². The molecule has 3 aromatic rings. The minimum atomic E-state index is -4.06. The van der Waals surface area contributed by atoms with Gasteiger partial charge >= 0.3 is 0 Å². The molecule has 0 radical (unpaired) electrons. The first-order valence-corrected chi connectivity index (χ1v) is 12.6. The maximum absolute atomic E-state index is 13.5. The third-order valence-electron chi connectivity index (χ3n) is 5.52. The lowest BCUT2D eigenvalue weighted by Gasteiger charge is -2.26. The van der Waals surface area contributed by atoms with Crippen LogP contribution in [-0.4, -0.2) is 20.9 Å². The van der Waals surface area contributed by atoms with Crippen molar-refractivity contribution in [3.63, 3.8) is 0 Å². The van der Waals surface area contributed by atoms with Crippen LogP contribution in [0.2, 0.25) is 10.0 Å². The number of carbonyl (C=O) groups excluding carboxylic acids is 1. The van der Waals surface area contributed by atoms with Gasteiger partial charge in [0.2, 0.25) is 5.91 Å². The molecule has 0 heterocycles. The molecule has 1 atom stereocenters. The highest BCUT2D eigenvalue weighted by atomic mass is 35.5. The van der Waals surface area contributed by atoms with Crippen LogP contribution in [-0.2, 0) is 14.8 Å². The third-order valence-corrected chi connectivity index (χ3v) is 7.83. The predicted molar refractivity (Wildman–Crippen MR) is 135 cm³/mol. The third kappa shape index (κ3) is 5.69. The molecule has 0 spiro atoms. The Hall–Kier alpha value is -2.54. The fourth-order valence-electron chi connectivity index (χ4n) is 3.65. The molecule has 0 aromatic heterocycles. The Bertz CT molecular complexity index is 1280. The Labute approximate surface area is 205 Å². The molecule has 174 valence electrons. The van der Waals surface area contributed by atoms with Gasteiger partial charge in [-0.3, -0.25) is 9.10 Å². The number of nitrogens with zero attached hydrogens (tertiary/aromatic N) is 1. The summed E-state index contributed by atoms with van der Waals surface area (Å²) in [6.45, 7) is 7.48. The lowest BCUT2D eigenvalue weighted by Crippen LogP contribution is -2.41. The molecule has 8 heteroatoms. The summed E-state index contributed by atoms with van der Waals surface area (Å²) < 4.78 is 27.9. The van der Waals surface area contributed by atoms with Gasteiger partial charge in [0.25, 0.3) is 10.0 Å². The summed E-state index contributed by atoms with van der Waals surface area (Å²) in [5.41, 5.74) is 4.51. The molecule has 5 nitrogen and oxygen atoms in total. The van der Waals surface area contributed by atoms with E-state index in [4.69, 9.17) is 23.2 Å². The average molecular weight is 505 g/mol. The molecular weight excluding hydrogens is 479 g/mol. The van der Waals surface area contributed by atoms with Gasteiger partial charge in [-0.2, -0.15) is 0 Å². The summed E-state index contributed by atoms with van der Waals surface area (Å²) in [4.78, 5) is 13.1. The fraction of sp³-hybridized carbons (Fsp3) is 0.240. The van der Waals surface area contributed by atoms with E-state index in [1.807, 2.05) is 33.8 Å². The highest BCUT2D eigenvalue weighted by molar-refractivity contribution is 7.92. The second-order valence-electron chi connectivity index (χ2n) is 8.00. The molecule has 0 aliphatic carbocycles. The first-order chi connectivity index (χ1) is 15.5. The van der Waals surface area contributed by atoms with Crippen molar-refractivity contribution in [1.29, 1.82) is 0 Å². The number of amides is 1. The molecule has 0 aliphatic heterocycles. The number of rotatable bonds is 7. The molecule has 1 N–H and O–H groups in total. The van der Waals surface area contributed by atoms with Gasteiger partial charge in [-0.05, 0) is 80.3 Å². The van der Waals surface area contributed by atoms with Crippen LogP contribution in [0.5, 0.6) is 0 Å². The van der Waals surface area contributed by atoms with E-state index < -0.39 is 22.5 Å². The van der Waals surface area contributed by atoms with Gasteiger partial charge in [-0.15, -0.1) is 0 Å². The van der Waals surface area contributed by atoms with Crippen LogP contribution in [0.15, 0.2) is 65.6 Å². The molecule has 0 aliphatic rings. The number of hydrogen-bond donors (Lipinski definition) is 1. The topological polar surface area (TPSA) is 66.5 Å². The molecular formula is C25H26Cl2N2O3S. The Morgan fingerprint density at radius 3 is 2.21 bits per heavy atom. The van der Waals surface area contributed by atoms with Gasteiger partial charge in [0.15, 0.2) is 0 Å². The molecule has 33 heavy (non-hydrogen) atoms. The zero-order valence-corrected chi connectivity index (χ0v) is 21.2. The predicted octanol–water partition coefficient (Wildman–Crippen LogP) is 5.99. The fourth-order valence-corrected chi connectivity index (χ4v) is 5.67. The number of carbonyl (C=O) groups is 1. The number of hydrogen-bond acceptors (Lipinski definition) is 3. The summed E-state index contributed by atoms with van der Waals surface area (Å²) in [6, 6.07) is 16.2. The summed E-state index contributed by atoms with van der Waals surface area (Å²) in [7, 11) is -4.06. The Morgan fingerprint density at radius 1 is 0.939 bits per heavy atom. The Balaban J connectivity index is 1.93. The van der Waals surface area contributed by atoms with E-state index in [1.54, 1.807) is 18.2 Å². The van der Waals surface area contributed by atoms with Crippen molar-refractivity contribution in [3.8, 4) is 0 Å². The highest BCUT2D eigenvalue weighted by Gasteiger charge is 2.29. The highest BCUT2D eigenvalue weighted by Crippen LogP contribution is 2.32. The molecule has 0 bridgehead atoms. The SMILES string of the molecule is Cc1cc(C)c([C@@H](C)NC(=O)CN(c2ccc(Cl)cc2Cl)S(=O)(=O)c2ccccc2)cc1C. The van der Waals surface area contributed by atoms with E-state index in [9.17, 15) is 13.2 Å². The Kier molecular flexibility index (Phi) is 7.73. The van der Waals surface area contributed by atoms with E-state index in [0.29, 0.717) is 5.02 Å². The minimum Gasteiger partial charge on any atom is -0.348 e. The number of sulfonamides is 1. The van der Waals surface area contributed by atoms with Crippen LogP contribution in [0.4, 0.5) is 5.69 Å². The number of nitrogens with one attached hydrogen (secondary N) is 1. The van der Waals surface area contributed by atoms with E-state index in [1.165, 1.54) is 35.9 Å². The van der Waals surface area contributed by atoms with E-state index in [-0.39, 0.29) is 21.6 Å². The minimum absolute atomic E-state index is 0.0573. The number of benzene rings is 3. The van der Waals surface area contributed by atoms with Crippen molar-refractivity contribution in [2.75, 3.05) is 10.8 Å². The van der Waals surface area contributed by atoms with Crippen LogP contribution < -0.4 is 9.62 Å². The van der Waals surface area contributed by atoms with E-state index >= 15 is 0 Å². The summed E-state index contributed by atoms with van der Waals surface area (Å²) in [6.07, 6.45) is 0. The van der Waals surface area contributed by atoms with Gasteiger partial charge in [0, 0.05) is 5.02 Å². The molecule has 0 fully saturated rings. The maximum atomic E-state index is 13.5. The summed E-state index contributed by atoms with van der Waals surface area (Å²) in [5.74, 6) is -0.453. The summed E-state index contributed by atoms with van der Waals surface area (Å²) in [5, 5.41) is 3.42. The van der Waals surface area contributed by atoms with Crippen LogP contribution in [0.1, 0.15) is 35.2 Å². The second-order valence-corrected chi connectivity index (χ2v) is 10.7. The quantitative estimate of drug-likeness (QED) is 0.429. The van der Waals surface area contributed by atoms with Crippen molar-refractivity contribution < 1.29 is 13.2 Å². The van der Waals surface area contributed by atoms with E-state index in [0.717, 1.165) is 21.0 Å². The number of halogens is 2. The molecule has 3 aromatic carbocycles. The first-order valence-electron chi connectivity index (χ1n) is 10.4. The van der Waals surface area contributed by atoms with Crippen molar-refractivity contribution in [2.45, 2.75) is 38.6 Å². The van der Waals surface area contributed by atoms with Gasteiger partial charge in [-0.1, -0.05) is 53.5 Å². The monoisotopic (exact) mass is 504 g/mol. The molecule has 3 rings (SSSR count). The Morgan fingerprint density at radius 2 is 1.58 bits per heavy atom. The zero-order valence-electron chi connectivity index (χ0n) is 18.9. The normalized spacial score (nSPS) is 12.3. The van der Waals surface area contributed by atoms with Crippen molar-refractivity contribution >= 4 is 44.8 Å². The molecule has 0 unspecified atom stereocenters. The zero-order chi connectivity index (χ0) is 24.3.